The molecule has 0 spiro atoms. The first-order valence-corrected chi connectivity index (χ1v) is 10.6. The van der Waals surface area contributed by atoms with Gasteiger partial charge in [-0.2, -0.15) is 0 Å². The molecule has 0 aliphatic carbocycles. The molecule has 1 atom stereocenters. The molecule has 22 heavy (non-hydrogen) atoms. The third kappa shape index (κ3) is 16.2. The Labute approximate surface area is 133 Å². The molecule has 0 aromatic heterocycles. The molecule has 0 saturated carbocycles. The lowest BCUT2D eigenvalue weighted by atomic mass is 10.1. The minimum absolute atomic E-state index is 0.182. The Morgan fingerprint density at radius 1 is 1.18 bits per heavy atom. The highest BCUT2D eigenvalue weighted by molar-refractivity contribution is 7.64. The van der Waals surface area contributed by atoms with Gasteiger partial charge in [0.25, 0.3) is 0 Å². The van der Waals surface area contributed by atoms with Gasteiger partial charge in [0.15, 0.2) is 0 Å². The molecule has 0 fully saturated rings. The standard InChI is InChI=1S/C14H28O6P2/c1-13(2)6-4-7-14(3)8-11-19-9-5-10-20-21(15)12-22(16,17)18/h6,8,21H,4-5,7,9-12H2,1-3H3,(H2,16,17,18)/b14-8+. The van der Waals surface area contributed by atoms with E-state index in [0.29, 0.717) is 19.6 Å². The molecule has 130 valence electrons. The van der Waals surface area contributed by atoms with Gasteiger partial charge in [-0.25, -0.2) is 0 Å². The van der Waals surface area contributed by atoms with Gasteiger partial charge >= 0.3 is 7.60 Å². The summed E-state index contributed by atoms with van der Waals surface area (Å²) < 4.78 is 32.1. The first-order chi connectivity index (χ1) is 10.2. The van der Waals surface area contributed by atoms with Crippen molar-refractivity contribution in [1.29, 1.82) is 0 Å². The predicted octanol–water partition coefficient (Wildman–Crippen LogP) is 3.71. The Morgan fingerprint density at radius 2 is 1.86 bits per heavy atom. The molecule has 0 aromatic rings. The van der Waals surface area contributed by atoms with Crippen LogP contribution >= 0.6 is 15.6 Å². The van der Waals surface area contributed by atoms with Crippen LogP contribution in [0.5, 0.6) is 0 Å². The van der Waals surface area contributed by atoms with Crippen molar-refractivity contribution >= 4 is 15.6 Å². The molecule has 0 aliphatic heterocycles. The van der Waals surface area contributed by atoms with Crippen molar-refractivity contribution in [3.63, 3.8) is 0 Å². The third-order valence-electron chi connectivity index (χ3n) is 2.67. The lowest BCUT2D eigenvalue weighted by Gasteiger charge is -2.06. The van der Waals surface area contributed by atoms with Crippen molar-refractivity contribution < 1.29 is 28.2 Å². The topological polar surface area (TPSA) is 93.1 Å². The van der Waals surface area contributed by atoms with Crippen molar-refractivity contribution in [2.24, 2.45) is 0 Å². The van der Waals surface area contributed by atoms with Crippen LogP contribution in [-0.2, 0) is 18.4 Å². The molecular formula is C14H28O6P2. The van der Waals surface area contributed by atoms with E-state index in [4.69, 9.17) is 19.0 Å². The third-order valence-corrected chi connectivity index (χ3v) is 5.88. The summed E-state index contributed by atoms with van der Waals surface area (Å²) in [6.45, 7) is 7.40. The van der Waals surface area contributed by atoms with Gasteiger partial charge in [0.1, 0.15) is 5.90 Å². The highest BCUT2D eigenvalue weighted by Gasteiger charge is 2.17. The smallest absolute Gasteiger partial charge is 0.334 e. The molecule has 0 heterocycles. The van der Waals surface area contributed by atoms with Crippen molar-refractivity contribution in [2.45, 2.75) is 40.0 Å². The van der Waals surface area contributed by atoms with Crippen molar-refractivity contribution in [3.8, 4) is 0 Å². The van der Waals surface area contributed by atoms with E-state index in [0.717, 1.165) is 12.8 Å². The lowest BCUT2D eigenvalue weighted by Crippen LogP contribution is -1.99. The van der Waals surface area contributed by atoms with Crippen LogP contribution in [0, 0.1) is 0 Å². The summed E-state index contributed by atoms with van der Waals surface area (Å²) in [5.74, 6) is -0.688. The van der Waals surface area contributed by atoms with Crippen LogP contribution in [0.4, 0.5) is 0 Å². The maximum Gasteiger partial charge on any atom is 0.334 e. The molecular weight excluding hydrogens is 326 g/mol. The fraction of sp³-hybridized carbons (Fsp3) is 0.714. The Morgan fingerprint density at radius 3 is 2.45 bits per heavy atom. The molecule has 0 amide bonds. The van der Waals surface area contributed by atoms with E-state index < -0.39 is 21.5 Å². The lowest BCUT2D eigenvalue weighted by molar-refractivity contribution is 0.144. The van der Waals surface area contributed by atoms with Gasteiger partial charge in [-0.3, -0.25) is 9.13 Å². The molecule has 0 rings (SSSR count). The fourth-order valence-corrected chi connectivity index (χ4v) is 3.62. The highest BCUT2D eigenvalue weighted by atomic mass is 31.2. The highest BCUT2D eigenvalue weighted by Crippen LogP contribution is 2.45. The van der Waals surface area contributed by atoms with Gasteiger partial charge < -0.3 is 19.0 Å². The SMILES string of the molecule is CC(C)=CCC/C(C)=C/COCCCO[PH](=O)CP(=O)(O)O. The van der Waals surface area contributed by atoms with E-state index in [-0.39, 0.29) is 6.61 Å². The second-order valence-corrected chi connectivity index (χ2v) is 8.97. The number of hydrogen-bond donors (Lipinski definition) is 2. The molecule has 0 bridgehead atoms. The van der Waals surface area contributed by atoms with Crippen LogP contribution in [0.3, 0.4) is 0 Å². The van der Waals surface area contributed by atoms with Crippen molar-refractivity contribution in [3.05, 3.63) is 23.3 Å². The Balaban J connectivity index is 3.59. The first kappa shape index (κ1) is 21.8. The van der Waals surface area contributed by atoms with Crippen molar-refractivity contribution in [1.82, 2.24) is 0 Å². The first-order valence-electron chi connectivity index (χ1n) is 7.27. The minimum atomic E-state index is -4.25. The van der Waals surface area contributed by atoms with Crippen LogP contribution in [0.25, 0.3) is 0 Å². The molecule has 8 heteroatoms. The van der Waals surface area contributed by atoms with Crippen LogP contribution in [-0.4, -0.2) is 35.5 Å². The van der Waals surface area contributed by atoms with E-state index in [1.165, 1.54) is 11.1 Å². The van der Waals surface area contributed by atoms with Gasteiger partial charge in [0.2, 0.25) is 8.03 Å². The van der Waals surface area contributed by atoms with Crippen LogP contribution in [0.2, 0.25) is 0 Å². The second kappa shape index (κ2) is 12.2. The summed E-state index contributed by atoms with van der Waals surface area (Å²) >= 11 is 0. The number of hydrogen-bond acceptors (Lipinski definition) is 4. The summed E-state index contributed by atoms with van der Waals surface area (Å²) in [6.07, 6.45) is 6.84. The summed E-state index contributed by atoms with van der Waals surface area (Å²) in [7, 11) is -6.91. The molecule has 2 N–H and O–H groups in total. The van der Waals surface area contributed by atoms with Gasteiger partial charge in [-0.05, 0) is 40.0 Å². The summed E-state index contributed by atoms with van der Waals surface area (Å²) in [5.41, 5.74) is 2.60. The molecule has 6 nitrogen and oxygen atoms in total. The van der Waals surface area contributed by atoms with E-state index in [9.17, 15) is 9.13 Å². The van der Waals surface area contributed by atoms with Gasteiger partial charge in [-0.1, -0.05) is 23.3 Å². The molecule has 0 aliphatic rings. The van der Waals surface area contributed by atoms with Gasteiger partial charge in [0, 0.05) is 6.61 Å². The zero-order valence-corrected chi connectivity index (χ0v) is 15.5. The number of rotatable bonds is 12. The maximum atomic E-state index is 11.2. The van der Waals surface area contributed by atoms with E-state index in [2.05, 4.69) is 26.8 Å². The number of allylic oxidation sites excluding steroid dienone is 3. The van der Waals surface area contributed by atoms with Crippen LogP contribution in [0.15, 0.2) is 23.3 Å². The fourth-order valence-electron chi connectivity index (χ4n) is 1.54. The van der Waals surface area contributed by atoms with Crippen molar-refractivity contribution in [2.75, 3.05) is 25.7 Å². The largest absolute Gasteiger partial charge is 0.377 e. The van der Waals surface area contributed by atoms with E-state index in [1.807, 2.05) is 6.08 Å². The normalized spacial score (nSPS) is 14.0. The average Bonchev–Trinajstić information content (AvgIpc) is 2.35. The zero-order chi connectivity index (χ0) is 17.0. The molecule has 0 aromatic carbocycles. The quantitative estimate of drug-likeness (QED) is 0.315. The number of ether oxygens (including phenoxy) is 1. The molecule has 0 saturated heterocycles. The van der Waals surface area contributed by atoms with Crippen LogP contribution in [0.1, 0.15) is 40.0 Å². The van der Waals surface area contributed by atoms with Gasteiger partial charge in [-0.15, -0.1) is 0 Å². The molecule has 1 unspecified atom stereocenters. The van der Waals surface area contributed by atoms with E-state index in [1.54, 1.807) is 0 Å². The average molecular weight is 354 g/mol. The maximum absolute atomic E-state index is 11.2. The zero-order valence-electron chi connectivity index (χ0n) is 13.6. The predicted molar refractivity (Wildman–Crippen MR) is 89.7 cm³/mol. The van der Waals surface area contributed by atoms with Gasteiger partial charge in [0.05, 0.1) is 13.2 Å². The Bertz CT molecular complexity index is 435. The monoisotopic (exact) mass is 354 g/mol. The second-order valence-electron chi connectivity index (χ2n) is 5.34. The summed E-state index contributed by atoms with van der Waals surface area (Å²) in [4.78, 5) is 17.3. The Hall–Kier alpha value is -0.220. The molecule has 0 radical (unpaired) electrons. The summed E-state index contributed by atoms with van der Waals surface area (Å²) in [6, 6.07) is 0. The van der Waals surface area contributed by atoms with E-state index >= 15 is 0 Å². The van der Waals surface area contributed by atoms with Crippen LogP contribution < -0.4 is 0 Å². The summed E-state index contributed by atoms with van der Waals surface area (Å²) in [5, 5.41) is 0. The Kier molecular flexibility index (Phi) is 12.1. The minimum Gasteiger partial charge on any atom is -0.377 e.